The van der Waals surface area contributed by atoms with Crippen LogP contribution in [0.25, 0.3) is 0 Å². The van der Waals surface area contributed by atoms with Gasteiger partial charge < -0.3 is 5.32 Å². The van der Waals surface area contributed by atoms with Gasteiger partial charge >= 0.3 is 0 Å². The molecule has 0 bridgehead atoms. The first-order valence-electron chi connectivity index (χ1n) is 7.30. The average molecular weight is 352 g/mol. The second kappa shape index (κ2) is 7.96. The van der Waals surface area contributed by atoms with Crippen molar-refractivity contribution in [1.82, 2.24) is 5.32 Å². The molecule has 0 aliphatic heterocycles. The third-order valence-corrected chi connectivity index (χ3v) is 5.08. The monoisotopic (exact) mass is 351 g/mol. The fraction of sp³-hybridized carbons (Fsp3) is 0.412. The van der Waals surface area contributed by atoms with Gasteiger partial charge in [0, 0.05) is 14.7 Å². The molecular weight excluding hydrogens is 330 g/mol. The Hall–Kier alpha value is -0.640. The van der Waals surface area contributed by atoms with Crippen molar-refractivity contribution in [1.29, 1.82) is 0 Å². The molecule has 0 saturated heterocycles. The van der Waals surface area contributed by atoms with Gasteiger partial charge in [0.2, 0.25) is 0 Å². The minimum atomic E-state index is 0.307. The van der Waals surface area contributed by atoms with Crippen LogP contribution in [-0.4, -0.2) is 6.54 Å². The molecule has 20 heavy (non-hydrogen) atoms. The molecule has 3 heteroatoms. The summed E-state index contributed by atoms with van der Waals surface area (Å²) in [7, 11) is 0. The highest BCUT2D eigenvalue weighted by Gasteiger charge is 2.15. The summed E-state index contributed by atoms with van der Waals surface area (Å²) in [6.45, 7) is 5.47. The van der Waals surface area contributed by atoms with E-state index in [1.807, 2.05) is 11.3 Å². The van der Waals surface area contributed by atoms with Crippen LogP contribution in [0.3, 0.4) is 0 Å². The molecule has 0 aliphatic rings. The molecule has 108 valence electrons. The zero-order chi connectivity index (χ0) is 14.4. The van der Waals surface area contributed by atoms with Gasteiger partial charge in [0.25, 0.3) is 0 Å². The van der Waals surface area contributed by atoms with Crippen molar-refractivity contribution in [2.75, 3.05) is 6.54 Å². The van der Waals surface area contributed by atoms with Crippen LogP contribution in [0.5, 0.6) is 0 Å². The van der Waals surface area contributed by atoms with Gasteiger partial charge in [-0.3, -0.25) is 0 Å². The molecule has 1 heterocycles. The average Bonchev–Trinajstić information content (AvgIpc) is 2.88. The highest BCUT2D eigenvalue weighted by atomic mass is 79.9. The highest BCUT2D eigenvalue weighted by molar-refractivity contribution is 9.10. The van der Waals surface area contributed by atoms with Crippen LogP contribution in [-0.2, 0) is 6.42 Å². The van der Waals surface area contributed by atoms with E-state index in [2.05, 4.69) is 70.8 Å². The van der Waals surface area contributed by atoms with Gasteiger partial charge in [0.1, 0.15) is 0 Å². The number of nitrogens with one attached hydrogen (secondary N) is 1. The van der Waals surface area contributed by atoms with E-state index in [1.54, 1.807) is 0 Å². The predicted octanol–water partition coefficient (Wildman–Crippen LogP) is 5.55. The van der Waals surface area contributed by atoms with Crippen LogP contribution in [0.1, 0.15) is 48.7 Å². The Morgan fingerprint density at radius 2 is 1.90 bits per heavy atom. The van der Waals surface area contributed by atoms with E-state index >= 15 is 0 Å². The Bertz CT molecular complexity index is 518. The molecule has 0 saturated carbocycles. The molecule has 1 atom stereocenters. The summed E-state index contributed by atoms with van der Waals surface area (Å²) in [4.78, 5) is 1.37. The van der Waals surface area contributed by atoms with Crippen LogP contribution < -0.4 is 5.32 Å². The molecule has 1 nitrogen and oxygen atoms in total. The van der Waals surface area contributed by atoms with E-state index in [0.29, 0.717) is 6.04 Å². The molecule has 0 amide bonds. The van der Waals surface area contributed by atoms with Crippen molar-refractivity contribution in [2.45, 2.75) is 39.2 Å². The number of aryl methyl sites for hydroxylation is 1. The Kier molecular flexibility index (Phi) is 6.27. The lowest BCUT2D eigenvalue weighted by Gasteiger charge is -2.18. The molecule has 1 aromatic carbocycles. The summed E-state index contributed by atoms with van der Waals surface area (Å²) in [5.74, 6) is 0. The smallest absolute Gasteiger partial charge is 0.0671 e. The first kappa shape index (κ1) is 15.7. The van der Waals surface area contributed by atoms with Gasteiger partial charge in [-0.25, -0.2) is 0 Å². The number of halogens is 1. The Labute approximate surface area is 134 Å². The fourth-order valence-electron chi connectivity index (χ4n) is 2.32. The lowest BCUT2D eigenvalue weighted by molar-refractivity contribution is 0.605. The topological polar surface area (TPSA) is 12.0 Å². The molecule has 0 radical (unpaired) electrons. The second-order valence-corrected chi connectivity index (χ2v) is 6.90. The van der Waals surface area contributed by atoms with E-state index in [4.69, 9.17) is 0 Å². The van der Waals surface area contributed by atoms with Crippen LogP contribution in [0.4, 0.5) is 0 Å². The minimum Gasteiger partial charge on any atom is -0.306 e. The fourth-order valence-corrected chi connectivity index (χ4v) is 3.86. The second-order valence-electron chi connectivity index (χ2n) is 5.05. The van der Waals surface area contributed by atoms with Crippen molar-refractivity contribution in [2.24, 2.45) is 0 Å². The summed E-state index contributed by atoms with van der Waals surface area (Å²) >= 11 is 5.36. The maximum Gasteiger partial charge on any atom is 0.0671 e. The number of thiophene rings is 1. The van der Waals surface area contributed by atoms with Crippen molar-refractivity contribution in [3.8, 4) is 0 Å². The number of hydrogen-bond acceptors (Lipinski definition) is 2. The third kappa shape index (κ3) is 4.18. The SMILES string of the molecule is CCCNC(c1ccc(CCC)cc1)c1cc(Br)cs1. The maximum absolute atomic E-state index is 3.66. The Morgan fingerprint density at radius 3 is 2.45 bits per heavy atom. The van der Waals surface area contributed by atoms with Crippen molar-refractivity contribution in [3.05, 3.63) is 56.2 Å². The highest BCUT2D eigenvalue weighted by Crippen LogP contribution is 2.30. The molecule has 1 unspecified atom stereocenters. The number of hydrogen-bond donors (Lipinski definition) is 1. The molecular formula is C17H22BrNS. The van der Waals surface area contributed by atoms with Crippen molar-refractivity contribution >= 4 is 27.3 Å². The summed E-state index contributed by atoms with van der Waals surface area (Å²) in [5.41, 5.74) is 2.78. The van der Waals surface area contributed by atoms with Crippen molar-refractivity contribution in [3.63, 3.8) is 0 Å². The van der Waals surface area contributed by atoms with Gasteiger partial charge in [-0.2, -0.15) is 0 Å². The van der Waals surface area contributed by atoms with Gasteiger partial charge in [-0.1, -0.05) is 44.5 Å². The standard InChI is InChI=1S/C17H22BrNS/c1-3-5-13-6-8-14(9-7-13)17(19-10-4-2)16-11-15(18)12-20-16/h6-9,11-12,17,19H,3-5,10H2,1-2H3. The van der Waals surface area contributed by atoms with Crippen molar-refractivity contribution < 1.29 is 0 Å². The Balaban J connectivity index is 2.21. The zero-order valence-corrected chi connectivity index (χ0v) is 14.6. The molecule has 1 aromatic heterocycles. The molecule has 2 rings (SSSR count). The van der Waals surface area contributed by atoms with E-state index in [1.165, 1.54) is 26.9 Å². The van der Waals surface area contributed by atoms with Gasteiger partial charge in [0.15, 0.2) is 0 Å². The predicted molar refractivity (Wildman–Crippen MR) is 92.6 cm³/mol. The van der Waals surface area contributed by atoms with E-state index < -0.39 is 0 Å². The van der Waals surface area contributed by atoms with E-state index in [9.17, 15) is 0 Å². The summed E-state index contributed by atoms with van der Waals surface area (Å²) in [6.07, 6.45) is 3.52. The summed E-state index contributed by atoms with van der Waals surface area (Å²) in [5, 5.41) is 5.81. The maximum atomic E-state index is 3.66. The van der Waals surface area contributed by atoms with Gasteiger partial charge in [-0.15, -0.1) is 11.3 Å². The lowest BCUT2D eigenvalue weighted by Crippen LogP contribution is -2.22. The van der Waals surface area contributed by atoms with Crippen LogP contribution in [0.15, 0.2) is 40.2 Å². The molecule has 2 aromatic rings. The largest absolute Gasteiger partial charge is 0.306 e. The van der Waals surface area contributed by atoms with Gasteiger partial charge in [-0.05, 0) is 52.5 Å². The minimum absolute atomic E-state index is 0.307. The van der Waals surface area contributed by atoms with Crippen LogP contribution >= 0.6 is 27.3 Å². The van der Waals surface area contributed by atoms with Crippen LogP contribution in [0.2, 0.25) is 0 Å². The van der Waals surface area contributed by atoms with E-state index in [-0.39, 0.29) is 0 Å². The zero-order valence-electron chi connectivity index (χ0n) is 12.2. The lowest BCUT2D eigenvalue weighted by atomic mass is 10.0. The Morgan fingerprint density at radius 1 is 1.15 bits per heavy atom. The quantitative estimate of drug-likeness (QED) is 0.689. The molecule has 0 aliphatic carbocycles. The normalized spacial score (nSPS) is 12.6. The molecule has 0 spiro atoms. The van der Waals surface area contributed by atoms with E-state index in [0.717, 1.165) is 19.4 Å². The number of rotatable bonds is 7. The number of benzene rings is 1. The molecule has 0 fully saturated rings. The summed E-state index contributed by atoms with van der Waals surface area (Å²) < 4.78 is 1.17. The third-order valence-electron chi connectivity index (χ3n) is 3.32. The first-order chi connectivity index (χ1) is 9.74. The van der Waals surface area contributed by atoms with Gasteiger partial charge in [0.05, 0.1) is 6.04 Å². The first-order valence-corrected chi connectivity index (χ1v) is 8.98. The molecule has 1 N–H and O–H groups in total. The summed E-state index contributed by atoms with van der Waals surface area (Å²) in [6, 6.07) is 11.6. The van der Waals surface area contributed by atoms with Crippen LogP contribution in [0, 0.1) is 0 Å².